The molecular weight excluding hydrogens is 294 g/mol. The zero-order valence-electron chi connectivity index (χ0n) is 14.8. The van der Waals surface area contributed by atoms with Gasteiger partial charge in [-0.1, -0.05) is 0 Å². The number of carbonyl (C=O) groups excluding carboxylic acids is 2. The summed E-state index contributed by atoms with van der Waals surface area (Å²) in [5.74, 6) is -0.447. The molecule has 0 atom stereocenters. The van der Waals surface area contributed by atoms with Gasteiger partial charge in [0.05, 0.1) is 0 Å². The molecule has 1 aromatic rings. The largest absolute Gasteiger partial charge is 0.618 e. The fourth-order valence-electron chi connectivity index (χ4n) is 2.11. The van der Waals surface area contributed by atoms with E-state index in [0.717, 1.165) is 0 Å². The van der Waals surface area contributed by atoms with Gasteiger partial charge in [-0.3, -0.25) is 9.59 Å². The van der Waals surface area contributed by atoms with Crippen LogP contribution >= 0.6 is 0 Å². The molecule has 0 spiro atoms. The van der Waals surface area contributed by atoms with Crippen molar-refractivity contribution in [1.29, 1.82) is 0 Å². The summed E-state index contributed by atoms with van der Waals surface area (Å²) in [5.41, 5.74) is -0.0510. The van der Waals surface area contributed by atoms with Crippen LogP contribution in [0.4, 0.5) is 0 Å². The summed E-state index contributed by atoms with van der Waals surface area (Å²) in [7, 11) is 0. The Morgan fingerprint density at radius 2 is 1.26 bits per heavy atom. The summed E-state index contributed by atoms with van der Waals surface area (Å²) >= 11 is 0. The summed E-state index contributed by atoms with van der Waals surface area (Å²) in [5, 5.41) is 18.0. The summed E-state index contributed by atoms with van der Waals surface area (Å²) in [6.07, 6.45) is -0.0367. The van der Waals surface area contributed by atoms with Crippen molar-refractivity contribution < 1.29 is 14.3 Å². The minimum atomic E-state index is -0.352. The van der Waals surface area contributed by atoms with Crippen molar-refractivity contribution in [2.24, 2.45) is 0 Å². The van der Waals surface area contributed by atoms with E-state index in [-0.39, 0.29) is 35.7 Å². The van der Waals surface area contributed by atoms with Crippen LogP contribution in [0.15, 0.2) is 18.2 Å². The van der Waals surface area contributed by atoms with Gasteiger partial charge in [0.25, 0.3) is 0 Å². The number of nitrogens with one attached hydrogen (secondary N) is 2. The molecule has 0 radical (unpaired) electrons. The first-order chi connectivity index (χ1) is 10.4. The molecule has 2 amide bonds. The highest BCUT2D eigenvalue weighted by atomic mass is 16.5. The fraction of sp³-hybridized carbons (Fsp3) is 0.588. The number of amides is 2. The number of nitrogens with zero attached hydrogens (tertiary/aromatic N) is 1. The van der Waals surface area contributed by atoms with E-state index in [0.29, 0.717) is 16.1 Å². The summed E-state index contributed by atoms with van der Waals surface area (Å²) < 4.78 is 0.671. The third kappa shape index (κ3) is 7.13. The van der Waals surface area contributed by atoms with E-state index in [4.69, 9.17) is 0 Å². The number of hydrogen-bond donors (Lipinski definition) is 2. The predicted octanol–water partition coefficient (Wildman–Crippen LogP) is 1.23. The lowest BCUT2D eigenvalue weighted by Crippen LogP contribution is -2.46. The molecule has 0 bridgehead atoms. The van der Waals surface area contributed by atoms with Gasteiger partial charge in [0.2, 0.25) is 23.2 Å². The van der Waals surface area contributed by atoms with Crippen LogP contribution in [-0.2, 0) is 22.4 Å². The number of hydrogen-bond acceptors (Lipinski definition) is 3. The van der Waals surface area contributed by atoms with E-state index in [1.165, 1.54) is 0 Å². The second-order valence-electron chi connectivity index (χ2n) is 7.75. The van der Waals surface area contributed by atoms with Crippen molar-refractivity contribution in [2.45, 2.75) is 65.5 Å². The third-order valence-corrected chi connectivity index (χ3v) is 2.81. The van der Waals surface area contributed by atoms with E-state index < -0.39 is 0 Å². The van der Waals surface area contributed by atoms with E-state index in [9.17, 15) is 14.8 Å². The number of rotatable bonds is 4. The van der Waals surface area contributed by atoms with Crippen molar-refractivity contribution in [3.63, 3.8) is 0 Å². The van der Waals surface area contributed by atoms with Gasteiger partial charge in [-0.25, -0.2) is 0 Å². The lowest BCUT2D eigenvalue weighted by atomic mass is 10.1. The first-order valence-corrected chi connectivity index (χ1v) is 7.70. The monoisotopic (exact) mass is 321 g/mol. The van der Waals surface area contributed by atoms with Gasteiger partial charge in [-0.05, 0) is 47.6 Å². The van der Waals surface area contributed by atoms with E-state index in [1.807, 2.05) is 41.5 Å². The molecule has 1 heterocycles. The molecule has 0 aliphatic heterocycles. The SMILES string of the molecule is CC(C)(C)NC(=O)Cc1cccc(CC(=O)NC(C)(C)C)[n+]1[O-]. The maximum Gasteiger partial charge on any atom is 0.231 e. The first-order valence-electron chi connectivity index (χ1n) is 7.70. The molecule has 23 heavy (non-hydrogen) atoms. The Hall–Kier alpha value is -2.11. The first kappa shape index (κ1) is 18.9. The molecule has 0 saturated carbocycles. The van der Waals surface area contributed by atoms with Crippen molar-refractivity contribution in [3.8, 4) is 0 Å². The van der Waals surface area contributed by atoms with Crippen molar-refractivity contribution >= 4 is 11.8 Å². The number of pyridine rings is 1. The molecule has 1 aromatic heterocycles. The Morgan fingerprint density at radius 3 is 1.57 bits per heavy atom. The second-order valence-corrected chi connectivity index (χ2v) is 7.75. The standard InChI is InChI=1S/C17H27N3O3/c1-16(2,3)18-14(21)10-12-8-7-9-13(20(12)23)11-15(22)19-17(4,5)6/h7-9H,10-11H2,1-6H3,(H,18,21)(H,19,22). The molecule has 6 nitrogen and oxygen atoms in total. The topological polar surface area (TPSA) is 85.1 Å². The maximum atomic E-state index is 12.3. The van der Waals surface area contributed by atoms with Gasteiger partial charge in [0.1, 0.15) is 12.8 Å². The van der Waals surface area contributed by atoms with Crippen molar-refractivity contribution in [3.05, 3.63) is 34.8 Å². The van der Waals surface area contributed by atoms with Gasteiger partial charge < -0.3 is 15.8 Å². The Morgan fingerprint density at radius 1 is 0.913 bits per heavy atom. The Kier molecular flexibility index (Phi) is 5.75. The highest BCUT2D eigenvalue weighted by Gasteiger charge is 2.21. The van der Waals surface area contributed by atoms with Crippen LogP contribution in [0.25, 0.3) is 0 Å². The molecule has 0 saturated heterocycles. The number of aromatic nitrogens is 1. The van der Waals surface area contributed by atoms with E-state index in [2.05, 4.69) is 10.6 Å². The molecule has 6 heteroatoms. The third-order valence-electron chi connectivity index (χ3n) is 2.81. The fourth-order valence-corrected chi connectivity index (χ4v) is 2.11. The lowest BCUT2D eigenvalue weighted by molar-refractivity contribution is -0.621. The summed E-state index contributed by atoms with van der Waals surface area (Å²) in [6, 6.07) is 4.88. The van der Waals surface area contributed by atoms with Crippen LogP contribution in [0.5, 0.6) is 0 Å². The van der Waals surface area contributed by atoms with Crippen molar-refractivity contribution in [2.75, 3.05) is 0 Å². The molecule has 0 fully saturated rings. The minimum absolute atomic E-state index is 0.0184. The quantitative estimate of drug-likeness (QED) is 0.646. The molecule has 2 N–H and O–H groups in total. The van der Waals surface area contributed by atoms with E-state index in [1.54, 1.807) is 18.2 Å². The summed E-state index contributed by atoms with van der Waals surface area (Å²) in [4.78, 5) is 23.9. The Labute approximate surface area is 137 Å². The lowest BCUT2D eigenvalue weighted by Gasteiger charge is -2.21. The predicted molar refractivity (Wildman–Crippen MR) is 88.6 cm³/mol. The van der Waals surface area contributed by atoms with Crippen LogP contribution < -0.4 is 15.4 Å². The number of carbonyl (C=O) groups is 2. The van der Waals surface area contributed by atoms with Gasteiger partial charge in [-0.15, -0.1) is 0 Å². The zero-order chi connectivity index (χ0) is 17.8. The highest BCUT2D eigenvalue weighted by molar-refractivity contribution is 5.79. The molecule has 0 aliphatic rings. The smallest absolute Gasteiger partial charge is 0.231 e. The molecule has 0 unspecified atom stereocenters. The van der Waals surface area contributed by atoms with Gasteiger partial charge in [-0.2, -0.15) is 4.73 Å². The van der Waals surface area contributed by atoms with Gasteiger partial charge in [0, 0.05) is 23.2 Å². The van der Waals surface area contributed by atoms with E-state index >= 15 is 0 Å². The van der Waals surface area contributed by atoms with Crippen LogP contribution in [0.3, 0.4) is 0 Å². The summed E-state index contributed by atoms with van der Waals surface area (Å²) in [6.45, 7) is 11.3. The minimum Gasteiger partial charge on any atom is -0.618 e. The van der Waals surface area contributed by atoms with Gasteiger partial charge in [0.15, 0.2) is 0 Å². The maximum absolute atomic E-state index is 12.3. The average Bonchev–Trinajstić information content (AvgIpc) is 2.29. The second kappa shape index (κ2) is 6.98. The molecule has 1 rings (SSSR count). The normalized spacial score (nSPS) is 11.9. The molecule has 0 aliphatic carbocycles. The zero-order valence-corrected chi connectivity index (χ0v) is 14.8. The van der Waals surface area contributed by atoms with Gasteiger partial charge >= 0.3 is 0 Å². The molecular formula is C17H27N3O3. The van der Waals surface area contributed by atoms with Crippen molar-refractivity contribution in [1.82, 2.24) is 10.6 Å². The molecule has 0 aromatic carbocycles. The molecule has 128 valence electrons. The van der Waals surface area contributed by atoms with Crippen LogP contribution in [0.1, 0.15) is 52.9 Å². The Bertz CT molecular complexity index is 535. The van der Waals surface area contributed by atoms with Crippen LogP contribution in [-0.4, -0.2) is 22.9 Å². The highest BCUT2D eigenvalue weighted by Crippen LogP contribution is 2.04. The van der Waals surface area contributed by atoms with Crippen LogP contribution in [0.2, 0.25) is 0 Å². The van der Waals surface area contributed by atoms with Crippen LogP contribution in [0, 0.1) is 5.21 Å². The Balaban J connectivity index is 2.82. The average molecular weight is 321 g/mol.